The molecule has 19 heavy (non-hydrogen) atoms. The summed E-state index contributed by atoms with van der Waals surface area (Å²) >= 11 is 1.08. The summed E-state index contributed by atoms with van der Waals surface area (Å²) in [6, 6.07) is 4.94. The first-order valence-corrected chi connectivity index (χ1v) is 6.29. The van der Waals surface area contributed by atoms with Gasteiger partial charge in [0.2, 0.25) is 0 Å². The summed E-state index contributed by atoms with van der Waals surface area (Å²) in [5, 5.41) is 9.23. The molecule has 2 rings (SSSR count). The second-order valence-corrected chi connectivity index (χ2v) is 5.02. The van der Waals surface area contributed by atoms with Crippen molar-refractivity contribution in [3.05, 3.63) is 47.2 Å². The molecule has 0 aliphatic heterocycles. The number of carboxylic acid groups (broad SMARTS) is 1. The van der Waals surface area contributed by atoms with Crippen LogP contribution in [-0.4, -0.2) is 21.0 Å². The number of hydrogen-bond donors (Lipinski definition) is 1. The fraction of sp³-hybridized carbons (Fsp3) is 0.154. The monoisotopic (exact) mass is 278 g/mol. The summed E-state index contributed by atoms with van der Waals surface area (Å²) in [4.78, 5) is 19.3. The van der Waals surface area contributed by atoms with Gasteiger partial charge < -0.3 is 5.11 Å². The minimum atomic E-state index is -1.00. The van der Waals surface area contributed by atoms with E-state index in [-0.39, 0.29) is 16.3 Å². The predicted molar refractivity (Wildman–Crippen MR) is 69.0 cm³/mol. The van der Waals surface area contributed by atoms with Gasteiger partial charge in [0, 0.05) is 4.90 Å². The SMILES string of the molecule is Cc1ccc(Sc2ncnc(C)c2F)cc1C(=O)O. The number of carbonyl (C=O) groups is 1. The molecule has 0 fully saturated rings. The van der Waals surface area contributed by atoms with E-state index < -0.39 is 11.8 Å². The Hall–Kier alpha value is -1.95. The zero-order chi connectivity index (χ0) is 14.0. The number of rotatable bonds is 3. The standard InChI is InChI=1S/C13H11FN2O2S/c1-7-3-4-9(5-10(7)13(17)18)19-12-11(14)8(2)15-6-16-12/h3-6H,1-2H3,(H,17,18). The van der Waals surface area contributed by atoms with Crippen LogP contribution >= 0.6 is 11.8 Å². The maximum absolute atomic E-state index is 13.8. The van der Waals surface area contributed by atoms with Crippen molar-refractivity contribution in [3.8, 4) is 0 Å². The number of hydrogen-bond acceptors (Lipinski definition) is 4. The molecular formula is C13H11FN2O2S. The van der Waals surface area contributed by atoms with Crippen molar-refractivity contribution in [2.24, 2.45) is 0 Å². The zero-order valence-corrected chi connectivity index (χ0v) is 11.2. The van der Waals surface area contributed by atoms with Gasteiger partial charge in [0.05, 0.1) is 11.3 Å². The molecule has 6 heteroatoms. The van der Waals surface area contributed by atoms with E-state index in [9.17, 15) is 9.18 Å². The number of halogens is 1. The number of nitrogens with zero attached hydrogens (tertiary/aromatic N) is 2. The van der Waals surface area contributed by atoms with Gasteiger partial charge in [-0.1, -0.05) is 17.8 Å². The van der Waals surface area contributed by atoms with Gasteiger partial charge in [-0.2, -0.15) is 0 Å². The average Bonchev–Trinajstić information content (AvgIpc) is 2.37. The van der Waals surface area contributed by atoms with Crippen molar-refractivity contribution in [3.63, 3.8) is 0 Å². The number of aromatic nitrogens is 2. The molecule has 1 aromatic heterocycles. The first-order chi connectivity index (χ1) is 8.99. The molecule has 2 aromatic rings. The molecule has 0 amide bonds. The smallest absolute Gasteiger partial charge is 0.335 e. The van der Waals surface area contributed by atoms with Crippen LogP contribution in [0.4, 0.5) is 4.39 Å². The Kier molecular flexibility index (Phi) is 3.80. The Morgan fingerprint density at radius 1 is 1.32 bits per heavy atom. The highest BCUT2D eigenvalue weighted by molar-refractivity contribution is 7.99. The van der Waals surface area contributed by atoms with Gasteiger partial charge in [-0.15, -0.1) is 0 Å². The van der Waals surface area contributed by atoms with E-state index in [1.807, 2.05) is 0 Å². The lowest BCUT2D eigenvalue weighted by Crippen LogP contribution is -2.00. The number of carboxylic acids is 1. The van der Waals surface area contributed by atoms with Gasteiger partial charge in [-0.3, -0.25) is 0 Å². The van der Waals surface area contributed by atoms with Gasteiger partial charge in [0.15, 0.2) is 5.82 Å². The van der Waals surface area contributed by atoms with Gasteiger partial charge in [-0.05, 0) is 31.5 Å². The Bertz CT molecular complexity index is 647. The molecule has 0 aliphatic carbocycles. The van der Waals surface area contributed by atoms with Crippen molar-refractivity contribution in [1.82, 2.24) is 9.97 Å². The summed E-state index contributed by atoms with van der Waals surface area (Å²) in [6.07, 6.45) is 1.28. The fourth-order valence-corrected chi connectivity index (χ4v) is 2.39. The molecule has 1 N–H and O–H groups in total. The van der Waals surface area contributed by atoms with Crippen LogP contribution in [0.2, 0.25) is 0 Å². The first-order valence-electron chi connectivity index (χ1n) is 5.48. The highest BCUT2D eigenvalue weighted by atomic mass is 32.2. The van der Waals surface area contributed by atoms with Crippen LogP contribution in [0.1, 0.15) is 21.6 Å². The number of benzene rings is 1. The Morgan fingerprint density at radius 2 is 2.05 bits per heavy atom. The van der Waals surface area contributed by atoms with E-state index in [1.54, 1.807) is 26.0 Å². The van der Waals surface area contributed by atoms with Crippen LogP contribution in [0.25, 0.3) is 0 Å². The van der Waals surface area contributed by atoms with E-state index in [0.717, 1.165) is 11.8 Å². The third kappa shape index (κ3) is 2.90. The first kappa shape index (κ1) is 13.5. The van der Waals surface area contributed by atoms with E-state index in [1.165, 1.54) is 12.4 Å². The molecule has 0 saturated heterocycles. The lowest BCUT2D eigenvalue weighted by molar-refractivity contribution is 0.0696. The van der Waals surface area contributed by atoms with Crippen LogP contribution in [0.3, 0.4) is 0 Å². The highest BCUT2D eigenvalue weighted by Gasteiger charge is 2.12. The van der Waals surface area contributed by atoms with Crippen molar-refractivity contribution in [2.75, 3.05) is 0 Å². The molecule has 0 aliphatic rings. The molecule has 0 radical (unpaired) electrons. The molecule has 1 aromatic carbocycles. The molecular weight excluding hydrogens is 267 g/mol. The normalized spacial score (nSPS) is 10.5. The second-order valence-electron chi connectivity index (χ2n) is 3.96. The Balaban J connectivity index is 2.36. The molecule has 0 spiro atoms. The number of aromatic carboxylic acids is 1. The largest absolute Gasteiger partial charge is 0.478 e. The van der Waals surface area contributed by atoms with Gasteiger partial charge in [-0.25, -0.2) is 19.2 Å². The quantitative estimate of drug-likeness (QED) is 0.874. The van der Waals surface area contributed by atoms with Crippen molar-refractivity contribution >= 4 is 17.7 Å². The molecule has 0 unspecified atom stereocenters. The third-order valence-electron chi connectivity index (χ3n) is 2.59. The highest BCUT2D eigenvalue weighted by Crippen LogP contribution is 2.29. The lowest BCUT2D eigenvalue weighted by Gasteiger charge is -2.06. The lowest BCUT2D eigenvalue weighted by atomic mass is 10.1. The van der Waals surface area contributed by atoms with Crippen molar-refractivity contribution in [1.29, 1.82) is 0 Å². The third-order valence-corrected chi connectivity index (χ3v) is 3.55. The average molecular weight is 278 g/mol. The molecule has 0 saturated carbocycles. The summed E-state index contributed by atoms with van der Waals surface area (Å²) in [5.41, 5.74) is 1.13. The van der Waals surface area contributed by atoms with Gasteiger partial charge in [0.1, 0.15) is 11.4 Å². The van der Waals surface area contributed by atoms with Crippen LogP contribution in [0.15, 0.2) is 34.4 Å². The molecule has 98 valence electrons. The predicted octanol–water partition coefficient (Wildman–Crippen LogP) is 3.08. The van der Waals surface area contributed by atoms with Crippen molar-refractivity contribution < 1.29 is 14.3 Å². The minimum absolute atomic E-state index is 0.188. The Morgan fingerprint density at radius 3 is 2.74 bits per heavy atom. The number of aryl methyl sites for hydroxylation is 2. The van der Waals surface area contributed by atoms with Gasteiger partial charge in [0.25, 0.3) is 0 Å². The van der Waals surface area contributed by atoms with Gasteiger partial charge >= 0.3 is 5.97 Å². The summed E-state index contributed by atoms with van der Waals surface area (Å²) in [5.74, 6) is -1.48. The maximum atomic E-state index is 13.8. The zero-order valence-electron chi connectivity index (χ0n) is 10.3. The molecule has 0 bridgehead atoms. The van der Waals surface area contributed by atoms with Crippen LogP contribution in [-0.2, 0) is 0 Å². The summed E-state index contributed by atoms with van der Waals surface area (Å²) in [7, 11) is 0. The topological polar surface area (TPSA) is 63.1 Å². The van der Waals surface area contributed by atoms with Crippen LogP contribution in [0.5, 0.6) is 0 Å². The van der Waals surface area contributed by atoms with Crippen molar-refractivity contribution in [2.45, 2.75) is 23.8 Å². The summed E-state index contributed by atoms with van der Waals surface area (Å²) in [6.45, 7) is 3.27. The van der Waals surface area contributed by atoms with E-state index in [4.69, 9.17) is 5.11 Å². The van der Waals surface area contributed by atoms with Crippen LogP contribution < -0.4 is 0 Å². The van der Waals surface area contributed by atoms with E-state index in [0.29, 0.717) is 10.5 Å². The second kappa shape index (κ2) is 5.36. The maximum Gasteiger partial charge on any atom is 0.335 e. The molecule has 4 nitrogen and oxygen atoms in total. The van der Waals surface area contributed by atoms with Crippen LogP contribution in [0, 0.1) is 19.7 Å². The molecule has 1 heterocycles. The minimum Gasteiger partial charge on any atom is -0.478 e. The summed E-state index contributed by atoms with van der Waals surface area (Å²) < 4.78 is 13.8. The molecule has 0 atom stereocenters. The Labute approximate surface area is 113 Å². The van der Waals surface area contributed by atoms with E-state index >= 15 is 0 Å². The van der Waals surface area contributed by atoms with E-state index in [2.05, 4.69) is 9.97 Å². The fourth-order valence-electron chi connectivity index (χ4n) is 1.51.